The number of hydrogen-bond donors (Lipinski definition) is 1. The van der Waals surface area contributed by atoms with E-state index in [9.17, 15) is 8.78 Å². The number of halogens is 2. The van der Waals surface area contributed by atoms with Crippen molar-refractivity contribution in [3.8, 4) is 22.4 Å². The van der Waals surface area contributed by atoms with Gasteiger partial charge in [0.25, 0.3) is 0 Å². The van der Waals surface area contributed by atoms with Gasteiger partial charge in [-0.15, -0.1) is 0 Å². The number of pyridine rings is 1. The van der Waals surface area contributed by atoms with Crippen molar-refractivity contribution in [1.29, 1.82) is 0 Å². The molecule has 1 aliphatic rings. The van der Waals surface area contributed by atoms with Crippen LogP contribution in [0.3, 0.4) is 0 Å². The van der Waals surface area contributed by atoms with Crippen LogP contribution in [0.25, 0.3) is 22.4 Å². The lowest BCUT2D eigenvalue weighted by molar-refractivity contribution is 0.312. The summed E-state index contributed by atoms with van der Waals surface area (Å²) in [6, 6.07) is 7.69. The number of nitrogens with zero attached hydrogens (tertiary/aromatic N) is 4. The molecule has 0 radical (unpaired) electrons. The standard InChI is InChI=1S/C19H19F2N5/c1-25-8-10-26(11-9-25)19-17(13-4-6-22-7-5-13)18(23-24-19)14-2-3-15(20)16(21)12-14/h2-7,12H,8-11H2,1H3,(H,23,24). The molecule has 4 rings (SSSR count). The molecular weight excluding hydrogens is 336 g/mol. The number of hydrogen-bond acceptors (Lipinski definition) is 4. The number of rotatable bonds is 3. The van der Waals surface area contributed by atoms with Crippen LogP contribution in [0.5, 0.6) is 0 Å². The third-order valence-electron chi connectivity index (χ3n) is 4.73. The molecule has 0 saturated carbocycles. The Morgan fingerprint density at radius 3 is 2.35 bits per heavy atom. The molecule has 5 nitrogen and oxygen atoms in total. The Bertz CT molecular complexity index is 902. The van der Waals surface area contributed by atoms with Crippen molar-refractivity contribution in [3.05, 3.63) is 54.4 Å². The normalized spacial score (nSPS) is 15.4. The fourth-order valence-corrected chi connectivity index (χ4v) is 3.23. The Kier molecular flexibility index (Phi) is 4.38. The number of piperazine rings is 1. The third kappa shape index (κ3) is 3.06. The number of nitrogens with one attached hydrogen (secondary N) is 1. The predicted molar refractivity (Wildman–Crippen MR) is 96.9 cm³/mol. The van der Waals surface area contributed by atoms with Gasteiger partial charge in [0.1, 0.15) is 0 Å². The molecule has 134 valence electrons. The molecule has 0 unspecified atom stereocenters. The molecule has 0 atom stereocenters. The zero-order valence-electron chi connectivity index (χ0n) is 14.4. The Balaban J connectivity index is 1.83. The van der Waals surface area contributed by atoms with E-state index in [0.717, 1.165) is 49.2 Å². The zero-order chi connectivity index (χ0) is 18.1. The average molecular weight is 355 g/mol. The lowest BCUT2D eigenvalue weighted by atomic mass is 10.0. The van der Waals surface area contributed by atoms with Gasteiger partial charge in [-0.1, -0.05) is 0 Å². The Morgan fingerprint density at radius 2 is 1.65 bits per heavy atom. The molecule has 26 heavy (non-hydrogen) atoms. The second-order valence-corrected chi connectivity index (χ2v) is 6.45. The summed E-state index contributed by atoms with van der Waals surface area (Å²) in [5.74, 6) is -0.916. The Labute approximate surface area is 150 Å². The maximum atomic E-state index is 13.8. The van der Waals surface area contributed by atoms with Crippen molar-refractivity contribution in [3.63, 3.8) is 0 Å². The summed E-state index contributed by atoms with van der Waals surface area (Å²) >= 11 is 0. The first kappa shape index (κ1) is 16.7. The van der Waals surface area contributed by atoms with E-state index in [2.05, 4.69) is 32.0 Å². The van der Waals surface area contributed by atoms with E-state index >= 15 is 0 Å². The van der Waals surface area contributed by atoms with Gasteiger partial charge in [0, 0.05) is 44.1 Å². The van der Waals surface area contributed by atoms with Gasteiger partial charge in [-0.2, -0.15) is 5.10 Å². The highest BCUT2D eigenvalue weighted by atomic mass is 19.2. The summed E-state index contributed by atoms with van der Waals surface area (Å²) in [5.41, 5.74) is 3.04. The van der Waals surface area contributed by atoms with Crippen molar-refractivity contribution in [1.82, 2.24) is 20.1 Å². The minimum atomic E-state index is -0.876. The molecule has 2 aromatic heterocycles. The first-order valence-corrected chi connectivity index (χ1v) is 8.51. The van der Waals surface area contributed by atoms with E-state index in [-0.39, 0.29) is 0 Å². The third-order valence-corrected chi connectivity index (χ3v) is 4.73. The highest BCUT2D eigenvalue weighted by Crippen LogP contribution is 2.38. The first-order valence-electron chi connectivity index (χ1n) is 8.51. The zero-order valence-corrected chi connectivity index (χ0v) is 14.4. The van der Waals surface area contributed by atoms with Crippen LogP contribution in [0.1, 0.15) is 0 Å². The summed E-state index contributed by atoms with van der Waals surface area (Å²) in [4.78, 5) is 8.56. The number of benzene rings is 1. The lowest BCUT2D eigenvalue weighted by Gasteiger charge is -2.33. The number of aromatic nitrogens is 3. The van der Waals surface area contributed by atoms with Crippen molar-refractivity contribution in [2.75, 3.05) is 38.1 Å². The molecule has 0 aliphatic carbocycles. The molecule has 3 aromatic rings. The number of H-pyrrole nitrogens is 1. The Hall–Kier alpha value is -2.80. The summed E-state index contributed by atoms with van der Waals surface area (Å²) in [7, 11) is 2.10. The predicted octanol–water partition coefficient (Wildman–Crippen LogP) is 3.17. The first-order chi connectivity index (χ1) is 12.6. The van der Waals surface area contributed by atoms with Crippen molar-refractivity contribution in [2.45, 2.75) is 0 Å². The van der Waals surface area contributed by atoms with E-state index < -0.39 is 11.6 Å². The van der Waals surface area contributed by atoms with E-state index in [1.165, 1.54) is 6.07 Å². The highest BCUT2D eigenvalue weighted by molar-refractivity contribution is 5.89. The quantitative estimate of drug-likeness (QED) is 0.784. The molecule has 7 heteroatoms. The SMILES string of the molecule is CN1CCN(c2n[nH]c(-c3ccc(F)c(F)c3)c2-c2ccncc2)CC1. The number of anilines is 1. The van der Waals surface area contributed by atoms with E-state index in [1.807, 2.05) is 12.1 Å². The monoisotopic (exact) mass is 355 g/mol. The fraction of sp³-hybridized carbons (Fsp3) is 0.263. The molecule has 1 aliphatic heterocycles. The minimum absolute atomic E-state index is 0.559. The molecule has 0 bridgehead atoms. The average Bonchev–Trinajstić information content (AvgIpc) is 3.10. The van der Waals surface area contributed by atoms with Crippen molar-refractivity contribution in [2.24, 2.45) is 0 Å². The highest BCUT2D eigenvalue weighted by Gasteiger charge is 2.24. The van der Waals surface area contributed by atoms with Crippen LogP contribution in [-0.2, 0) is 0 Å². The van der Waals surface area contributed by atoms with E-state index in [1.54, 1.807) is 18.5 Å². The molecule has 0 spiro atoms. The summed E-state index contributed by atoms with van der Waals surface area (Å²) in [5, 5.41) is 7.55. The molecule has 3 heterocycles. The second-order valence-electron chi connectivity index (χ2n) is 6.45. The van der Waals surface area contributed by atoms with Crippen LogP contribution in [0.15, 0.2) is 42.7 Å². The second kappa shape index (κ2) is 6.84. The van der Waals surface area contributed by atoms with Crippen molar-refractivity contribution < 1.29 is 8.78 Å². The van der Waals surface area contributed by atoms with Gasteiger partial charge >= 0.3 is 0 Å². The van der Waals surface area contributed by atoms with Gasteiger partial charge in [-0.25, -0.2) is 8.78 Å². The smallest absolute Gasteiger partial charge is 0.159 e. The van der Waals surface area contributed by atoms with Gasteiger partial charge < -0.3 is 9.80 Å². The molecule has 1 saturated heterocycles. The van der Waals surface area contributed by atoms with Crippen molar-refractivity contribution >= 4 is 5.82 Å². The molecule has 1 aromatic carbocycles. The van der Waals surface area contributed by atoms with Crippen LogP contribution in [-0.4, -0.2) is 53.3 Å². The van der Waals surface area contributed by atoms with Crippen LogP contribution in [0.4, 0.5) is 14.6 Å². The number of aromatic amines is 1. The molecular formula is C19H19F2N5. The van der Waals surface area contributed by atoms with Crippen LogP contribution in [0, 0.1) is 11.6 Å². The van der Waals surface area contributed by atoms with Crippen LogP contribution < -0.4 is 4.90 Å². The van der Waals surface area contributed by atoms with E-state index in [4.69, 9.17) is 0 Å². The largest absolute Gasteiger partial charge is 0.352 e. The molecule has 1 fully saturated rings. The molecule has 0 amide bonds. The number of likely N-dealkylation sites (N-methyl/N-ethyl adjacent to an activating group) is 1. The maximum absolute atomic E-state index is 13.8. The van der Waals surface area contributed by atoms with Crippen LogP contribution >= 0.6 is 0 Å². The maximum Gasteiger partial charge on any atom is 0.159 e. The minimum Gasteiger partial charge on any atom is -0.352 e. The fourth-order valence-electron chi connectivity index (χ4n) is 3.23. The summed E-state index contributed by atoms with van der Waals surface area (Å²) in [6.45, 7) is 3.61. The lowest BCUT2D eigenvalue weighted by Crippen LogP contribution is -2.44. The topological polar surface area (TPSA) is 48.0 Å². The van der Waals surface area contributed by atoms with Gasteiger partial charge in [0.2, 0.25) is 0 Å². The molecule has 1 N–H and O–H groups in total. The van der Waals surface area contributed by atoms with Crippen LogP contribution in [0.2, 0.25) is 0 Å². The Morgan fingerprint density at radius 1 is 0.923 bits per heavy atom. The van der Waals surface area contributed by atoms with Gasteiger partial charge in [-0.3, -0.25) is 10.1 Å². The van der Waals surface area contributed by atoms with E-state index in [0.29, 0.717) is 11.3 Å². The summed E-state index contributed by atoms with van der Waals surface area (Å²) < 4.78 is 27.1. The van der Waals surface area contributed by atoms with Gasteiger partial charge in [-0.05, 0) is 42.9 Å². The van der Waals surface area contributed by atoms with Gasteiger partial charge in [0.05, 0.1) is 11.3 Å². The van der Waals surface area contributed by atoms with Gasteiger partial charge in [0.15, 0.2) is 17.5 Å². The summed E-state index contributed by atoms with van der Waals surface area (Å²) in [6.07, 6.45) is 3.43.